The lowest BCUT2D eigenvalue weighted by Gasteiger charge is -2.13. The minimum Gasteiger partial charge on any atom is -0.462 e. The highest BCUT2D eigenvalue weighted by molar-refractivity contribution is 5.70. The van der Waals surface area contributed by atoms with Crippen LogP contribution < -0.4 is 0 Å². The van der Waals surface area contributed by atoms with Crippen molar-refractivity contribution in [2.75, 3.05) is 6.61 Å². The van der Waals surface area contributed by atoms with Crippen molar-refractivity contribution >= 4 is 11.9 Å². The molecule has 0 fully saturated rings. The van der Waals surface area contributed by atoms with Crippen LogP contribution in [0.5, 0.6) is 0 Å². The second-order valence-corrected chi connectivity index (χ2v) is 12.4. The molecule has 0 N–H and O–H groups in total. The maximum Gasteiger partial charge on any atom is 0.306 e. The Morgan fingerprint density at radius 1 is 0.561 bits per heavy atom. The fraction of sp³-hybridized carbons (Fsp3) is 0.914. The summed E-state index contributed by atoms with van der Waals surface area (Å²) in [6.45, 7) is 8.34. The Morgan fingerprint density at radius 3 is 1.41 bits per heavy atom. The Labute approximate surface area is 253 Å². The molecule has 0 saturated carbocycles. The number of nitrogens with zero attached hydrogens (tertiary/aromatic N) is 2. The number of hydrogen-bond acceptors (Lipinski definition) is 6. The van der Waals surface area contributed by atoms with Gasteiger partial charge in [0.15, 0.2) is 5.66 Å². The first-order valence-corrected chi connectivity index (χ1v) is 17.6. The molecule has 0 aromatic carbocycles. The fourth-order valence-corrected chi connectivity index (χ4v) is 5.42. The Balaban J connectivity index is 1.82. The van der Waals surface area contributed by atoms with Crippen molar-refractivity contribution in [3.05, 3.63) is 6.92 Å². The Kier molecular flexibility index (Phi) is 24.0. The SMILES string of the molecule is [CH2]C(COC(=O)CCCCCCCCCCCCC)OC(=O)CCCCCCCCCCCCC1(CCCC)N=N1. The highest BCUT2D eigenvalue weighted by atomic mass is 16.6. The molecular weight excluding hydrogens is 512 g/mol. The van der Waals surface area contributed by atoms with Gasteiger partial charge < -0.3 is 9.47 Å². The van der Waals surface area contributed by atoms with Gasteiger partial charge in [0, 0.05) is 12.8 Å². The lowest BCUT2D eigenvalue weighted by Crippen LogP contribution is -2.22. The van der Waals surface area contributed by atoms with E-state index in [4.69, 9.17) is 9.47 Å². The lowest BCUT2D eigenvalue weighted by molar-refractivity contribution is -0.156. The molecule has 239 valence electrons. The van der Waals surface area contributed by atoms with Crippen LogP contribution in [-0.4, -0.2) is 30.3 Å². The molecule has 6 heteroatoms. The van der Waals surface area contributed by atoms with Crippen molar-refractivity contribution < 1.29 is 19.1 Å². The van der Waals surface area contributed by atoms with Crippen LogP contribution in [0.15, 0.2) is 10.2 Å². The van der Waals surface area contributed by atoms with Gasteiger partial charge in [0.25, 0.3) is 0 Å². The fourth-order valence-electron chi connectivity index (χ4n) is 5.42. The summed E-state index contributed by atoms with van der Waals surface area (Å²) in [5.41, 5.74) is 0.0234. The van der Waals surface area contributed by atoms with Gasteiger partial charge in [0.1, 0.15) is 12.7 Å². The average Bonchev–Trinajstić information content (AvgIpc) is 3.74. The highest BCUT2D eigenvalue weighted by Crippen LogP contribution is 2.38. The van der Waals surface area contributed by atoms with Crippen LogP contribution in [0.1, 0.15) is 187 Å². The molecule has 0 aromatic rings. The number of esters is 2. The van der Waals surface area contributed by atoms with Crippen LogP contribution in [0.2, 0.25) is 0 Å². The Hall–Kier alpha value is -1.46. The molecule has 41 heavy (non-hydrogen) atoms. The van der Waals surface area contributed by atoms with E-state index >= 15 is 0 Å². The van der Waals surface area contributed by atoms with E-state index in [1.165, 1.54) is 122 Å². The van der Waals surface area contributed by atoms with Gasteiger partial charge in [-0.1, -0.05) is 136 Å². The Bertz CT molecular complexity index is 661. The summed E-state index contributed by atoms with van der Waals surface area (Å²) >= 11 is 0. The van der Waals surface area contributed by atoms with Gasteiger partial charge in [0.2, 0.25) is 0 Å². The summed E-state index contributed by atoms with van der Waals surface area (Å²) in [4.78, 5) is 24.0. The molecule has 0 aliphatic carbocycles. The van der Waals surface area contributed by atoms with Crippen molar-refractivity contribution in [1.29, 1.82) is 0 Å². The number of hydrogen-bond donors (Lipinski definition) is 0. The first-order valence-electron chi connectivity index (χ1n) is 17.6. The molecule has 0 saturated heterocycles. The molecule has 1 aliphatic rings. The largest absolute Gasteiger partial charge is 0.462 e. The van der Waals surface area contributed by atoms with E-state index in [1.807, 2.05) is 0 Å². The van der Waals surface area contributed by atoms with E-state index in [9.17, 15) is 9.59 Å². The van der Waals surface area contributed by atoms with Crippen LogP contribution in [-0.2, 0) is 19.1 Å². The van der Waals surface area contributed by atoms with E-state index in [-0.39, 0.29) is 24.2 Å². The van der Waals surface area contributed by atoms with Gasteiger partial charge in [-0.15, -0.1) is 0 Å². The summed E-state index contributed by atoms with van der Waals surface area (Å²) in [6.07, 6.45) is 30.9. The average molecular weight is 578 g/mol. The second kappa shape index (κ2) is 26.2. The molecule has 1 rings (SSSR count). The molecular formula is C35H65N2O4. The lowest BCUT2D eigenvalue weighted by atomic mass is 9.98. The molecule has 1 radical (unpaired) electrons. The van der Waals surface area contributed by atoms with Crippen molar-refractivity contribution in [2.24, 2.45) is 10.2 Å². The summed E-state index contributed by atoms with van der Waals surface area (Å²) in [6, 6.07) is 0. The zero-order valence-electron chi connectivity index (χ0n) is 27.1. The minimum atomic E-state index is -0.626. The van der Waals surface area contributed by atoms with E-state index in [2.05, 4.69) is 31.0 Å². The molecule has 0 amide bonds. The molecule has 6 nitrogen and oxygen atoms in total. The maximum atomic E-state index is 12.0. The number of carbonyl (C=O) groups excluding carboxylic acids is 2. The molecule has 1 aliphatic heterocycles. The summed E-state index contributed by atoms with van der Waals surface area (Å²) in [5.74, 6) is -0.457. The first kappa shape index (κ1) is 37.6. The monoisotopic (exact) mass is 577 g/mol. The topological polar surface area (TPSA) is 77.3 Å². The van der Waals surface area contributed by atoms with E-state index in [1.54, 1.807) is 0 Å². The molecule has 0 bridgehead atoms. The van der Waals surface area contributed by atoms with Crippen LogP contribution >= 0.6 is 0 Å². The third-order valence-corrected chi connectivity index (χ3v) is 8.23. The van der Waals surface area contributed by atoms with Gasteiger partial charge in [0.05, 0.1) is 0 Å². The second-order valence-electron chi connectivity index (χ2n) is 12.4. The molecule has 1 atom stereocenters. The predicted molar refractivity (Wildman–Crippen MR) is 170 cm³/mol. The summed E-state index contributed by atoms with van der Waals surface area (Å²) in [7, 11) is 0. The third kappa shape index (κ3) is 23.8. The van der Waals surface area contributed by atoms with Crippen molar-refractivity contribution in [3.8, 4) is 0 Å². The number of carbonyl (C=O) groups is 2. The molecule has 0 spiro atoms. The minimum absolute atomic E-state index is 0.0234. The van der Waals surface area contributed by atoms with Crippen LogP contribution in [0.4, 0.5) is 0 Å². The molecule has 1 heterocycles. The summed E-state index contributed by atoms with van der Waals surface area (Å²) < 4.78 is 10.6. The van der Waals surface area contributed by atoms with Crippen molar-refractivity contribution in [3.63, 3.8) is 0 Å². The normalized spacial score (nSPS) is 14.2. The highest BCUT2D eigenvalue weighted by Gasteiger charge is 2.37. The van der Waals surface area contributed by atoms with Gasteiger partial charge >= 0.3 is 11.9 Å². The van der Waals surface area contributed by atoms with Gasteiger partial charge in [-0.05, 0) is 45.4 Å². The van der Waals surface area contributed by atoms with Crippen LogP contribution in [0.3, 0.4) is 0 Å². The van der Waals surface area contributed by atoms with E-state index < -0.39 is 6.10 Å². The van der Waals surface area contributed by atoms with E-state index in [0.29, 0.717) is 12.8 Å². The van der Waals surface area contributed by atoms with Gasteiger partial charge in [-0.25, -0.2) is 0 Å². The van der Waals surface area contributed by atoms with E-state index in [0.717, 1.165) is 38.5 Å². The predicted octanol–water partition coefficient (Wildman–Crippen LogP) is 11.0. The number of ether oxygens (including phenoxy) is 2. The zero-order chi connectivity index (χ0) is 29.9. The Morgan fingerprint density at radius 2 is 0.951 bits per heavy atom. The zero-order valence-corrected chi connectivity index (χ0v) is 27.1. The third-order valence-electron chi connectivity index (χ3n) is 8.23. The molecule has 1 unspecified atom stereocenters. The number of unbranched alkanes of at least 4 members (excludes halogenated alkanes) is 20. The van der Waals surface area contributed by atoms with Gasteiger partial charge in [-0.3, -0.25) is 9.59 Å². The first-order chi connectivity index (χ1) is 20.0. The quantitative estimate of drug-likeness (QED) is 0.0606. The van der Waals surface area contributed by atoms with Gasteiger partial charge in [-0.2, -0.15) is 10.2 Å². The van der Waals surface area contributed by atoms with Crippen LogP contribution in [0.25, 0.3) is 0 Å². The maximum absolute atomic E-state index is 12.0. The summed E-state index contributed by atoms with van der Waals surface area (Å²) in [5, 5.41) is 8.59. The molecule has 0 aromatic heterocycles. The number of rotatable bonds is 31. The van der Waals surface area contributed by atoms with Crippen molar-refractivity contribution in [2.45, 2.75) is 199 Å². The van der Waals surface area contributed by atoms with Crippen molar-refractivity contribution in [1.82, 2.24) is 0 Å². The smallest absolute Gasteiger partial charge is 0.306 e. The van der Waals surface area contributed by atoms with Crippen LogP contribution in [0, 0.1) is 6.92 Å². The standard InChI is InChI=1S/C35H65N2O4/c1-4-6-8-9-10-11-12-15-18-21-24-27-33(38)40-31-32(3)41-34(39)28-25-22-19-16-13-14-17-20-23-26-30-35(36-37-35)29-7-5-2/h32H,3-31H2,1-2H3.